The van der Waals surface area contributed by atoms with Crippen molar-refractivity contribution in [1.29, 1.82) is 0 Å². The lowest BCUT2D eigenvalue weighted by Gasteiger charge is -2.09. The van der Waals surface area contributed by atoms with Crippen LogP contribution in [0.2, 0.25) is 5.02 Å². The number of benzene rings is 1. The average Bonchev–Trinajstić information content (AvgIpc) is 2.89. The van der Waals surface area contributed by atoms with Crippen LogP contribution in [0.25, 0.3) is 17.3 Å². The van der Waals surface area contributed by atoms with Gasteiger partial charge in [0.15, 0.2) is 11.5 Å². The summed E-state index contributed by atoms with van der Waals surface area (Å²) < 4.78 is 59.1. The van der Waals surface area contributed by atoms with Crippen LogP contribution < -0.4 is 0 Å². The molecule has 0 bridgehead atoms. The number of halogens is 6. The quantitative estimate of drug-likeness (QED) is 0.277. The Kier molecular flexibility index (Phi) is 6.61. The molecule has 2 rings (SSSR count). The second kappa shape index (κ2) is 8.40. The summed E-state index contributed by atoms with van der Waals surface area (Å²) >= 11 is 12.3. The summed E-state index contributed by atoms with van der Waals surface area (Å²) in [6.07, 6.45) is -3.53. The molecule has 0 saturated carbocycles. The largest absolute Gasteiger partial charge is 0.478 e. The maximum Gasteiger partial charge on any atom is 0.435 e. The highest BCUT2D eigenvalue weighted by molar-refractivity contribution is 6.44. The molecular weight excluding hydrogens is 425 g/mol. The van der Waals surface area contributed by atoms with Gasteiger partial charge in [0.25, 0.3) is 5.90 Å². The molecule has 1 heterocycles. The van der Waals surface area contributed by atoms with Gasteiger partial charge in [-0.25, -0.2) is 4.39 Å². The molecule has 2 aromatic rings. The lowest BCUT2D eigenvalue weighted by atomic mass is 10.0. The van der Waals surface area contributed by atoms with Crippen molar-refractivity contribution in [2.24, 2.45) is 12.2 Å². The Morgan fingerprint density at radius 3 is 2.43 bits per heavy atom. The fourth-order valence-corrected chi connectivity index (χ4v) is 2.99. The topological polar surface area (TPSA) is 48.6 Å². The van der Waals surface area contributed by atoms with Gasteiger partial charge in [-0.3, -0.25) is 4.68 Å². The monoisotopic (exact) mass is 439 g/mol. The first-order valence-electron chi connectivity index (χ1n) is 7.64. The van der Waals surface area contributed by atoms with Crippen molar-refractivity contribution in [2.75, 3.05) is 14.2 Å². The third kappa shape index (κ3) is 4.41. The minimum Gasteiger partial charge on any atom is -0.478 e. The van der Waals surface area contributed by atoms with Crippen molar-refractivity contribution in [3.05, 3.63) is 44.8 Å². The van der Waals surface area contributed by atoms with Gasteiger partial charge < -0.3 is 9.57 Å². The standard InChI is InChI=1S/C17H15Cl2F4N3O2/c1-8-5-11(18)9(7-12(19)16(27-3)25-28-4)6-10(8)14-13(20)15(17(21,22)23)26(2)24-14/h5-7H,1-4H3/b12-7+,25-16+. The molecule has 11 heteroatoms. The predicted molar refractivity (Wildman–Crippen MR) is 98.6 cm³/mol. The number of rotatable bonds is 4. The van der Waals surface area contributed by atoms with Crippen molar-refractivity contribution in [3.63, 3.8) is 0 Å². The zero-order valence-corrected chi connectivity index (χ0v) is 16.7. The van der Waals surface area contributed by atoms with Crippen molar-refractivity contribution in [3.8, 4) is 11.3 Å². The van der Waals surface area contributed by atoms with E-state index in [9.17, 15) is 17.6 Å². The average molecular weight is 440 g/mol. The molecule has 0 saturated heterocycles. The van der Waals surface area contributed by atoms with Crippen molar-refractivity contribution in [2.45, 2.75) is 13.1 Å². The van der Waals surface area contributed by atoms with Crippen LogP contribution in [0.15, 0.2) is 22.3 Å². The molecule has 0 fully saturated rings. The minimum absolute atomic E-state index is 0.0125. The van der Waals surface area contributed by atoms with Gasteiger partial charge in [-0.2, -0.15) is 18.3 Å². The van der Waals surface area contributed by atoms with Crippen LogP contribution in [-0.4, -0.2) is 29.9 Å². The summed E-state index contributed by atoms with van der Waals surface area (Å²) in [5, 5.41) is 7.52. The Hall–Kier alpha value is -2.26. The zero-order chi connectivity index (χ0) is 21.2. The second-order valence-electron chi connectivity index (χ2n) is 5.60. The number of aromatic nitrogens is 2. The third-order valence-electron chi connectivity index (χ3n) is 3.71. The van der Waals surface area contributed by atoms with E-state index in [1.807, 2.05) is 0 Å². The van der Waals surface area contributed by atoms with Gasteiger partial charge in [-0.15, -0.1) is 0 Å². The van der Waals surface area contributed by atoms with Gasteiger partial charge in [0, 0.05) is 17.6 Å². The number of hydrogen-bond acceptors (Lipinski definition) is 4. The molecule has 0 aliphatic carbocycles. The molecule has 0 amide bonds. The van der Waals surface area contributed by atoms with Gasteiger partial charge in [0.05, 0.1) is 7.11 Å². The van der Waals surface area contributed by atoms with E-state index < -0.39 is 23.4 Å². The molecule has 1 aromatic carbocycles. The Bertz CT molecular complexity index is 953. The van der Waals surface area contributed by atoms with Crippen molar-refractivity contribution >= 4 is 35.2 Å². The molecule has 0 spiro atoms. The summed E-state index contributed by atoms with van der Waals surface area (Å²) in [5.74, 6) is -1.52. The van der Waals surface area contributed by atoms with Gasteiger partial charge in [-0.05, 0) is 41.4 Å². The van der Waals surface area contributed by atoms with E-state index in [0.29, 0.717) is 15.8 Å². The van der Waals surface area contributed by atoms with E-state index in [-0.39, 0.29) is 21.5 Å². The Morgan fingerprint density at radius 2 is 1.93 bits per heavy atom. The van der Waals surface area contributed by atoms with Crippen molar-refractivity contribution in [1.82, 2.24) is 9.78 Å². The molecule has 0 N–H and O–H groups in total. The van der Waals surface area contributed by atoms with E-state index in [1.165, 1.54) is 32.4 Å². The molecule has 0 radical (unpaired) electrons. The number of aryl methyl sites for hydroxylation is 2. The van der Waals surface area contributed by atoms with E-state index in [2.05, 4.69) is 15.1 Å². The Morgan fingerprint density at radius 1 is 1.29 bits per heavy atom. The molecule has 0 aliphatic rings. The normalized spacial score (nSPS) is 13.1. The molecule has 28 heavy (non-hydrogen) atoms. The maximum absolute atomic E-state index is 14.5. The number of alkyl halides is 3. The van der Waals surface area contributed by atoms with Gasteiger partial charge >= 0.3 is 6.18 Å². The van der Waals surface area contributed by atoms with Crippen LogP contribution >= 0.6 is 23.2 Å². The van der Waals surface area contributed by atoms with E-state index in [0.717, 1.165) is 7.05 Å². The second-order valence-corrected chi connectivity index (χ2v) is 6.41. The first-order chi connectivity index (χ1) is 13.0. The molecule has 0 unspecified atom stereocenters. The van der Waals surface area contributed by atoms with Gasteiger partial charge in [0.1, 0.15) is 17.8 Å². The zero-order valence-electron chi connectivity index (χ0n) is 15.2. The first kappa shape index (κ1) is 22.0. The van der Waals surface area contributed by atoms with E-state index in [4.69, 9.17) is 27.9 Å². The van der Waals surface area contributed by atoms with Crippen LogP contribution in [0, 0.1) is 12.7 Å². The highest BCUT2D eigenvalue weighted by atomic mass is 35.5. The summed E-state index contributed by atoms with van der Waals surface area (Å²) in [5.41, 5.74) is -1.06. The fourth-order valence-electron chi connectivity index (χ4n) is 2.49. The highest BCUT2D eigenvalue weighted by Gasteiger charge is 2.40. The molecular formula is C17H15Cl2F4N3O2. The lowest BCUT2D eigenvalue weighted by Crippen LogP contribution is -2.13. The third-order valence-corrected chi connectivity index (χ3v) is 4.31. The van der Waals surface area contributed by atoms with Gasteiger partial charge in [0.2, 0.25) is 0 Å². The Labute approximate surface area is 168 Å². The van der Waals surface area contributed by atoms with Gasteiger partial charge in [-0.1, -0.05) is 23.2 Å². The maximum atomic E-state index is 14.5. The molecule has 0 aliphatic heterocycles. The number of ether oxygens (including phenoxy) is 1. The molecule has 152 valence electrons. The smallest absolute Gasteiger partial charge is 0.435 e. The van der Waals surface area contributed by atoms with Crippen LogP contribution in [0.1, 0.15) is 16.8 Å². The predicted octanol–water partition coefficient (Wildman–Crippen LogP) is 5.39. The molecule has 5 nitrogen and oxygen atoms in total. The summed E-state index contributed by atoms with van der Waals surface area (Å²) in [4.78, 5) is 4.60. The Balaban J connectivity index is 2.64. The minimum atomic E-state index is -4.89. The van der Waals surface area contributed by atoms with Crippen LogP contribution in [-0.2, 0) is 22.8 Å². The molecule has 0 atom stereocenters. The molecule has 1 aromatic heterocycles. The fraction of sp³-hybridized carbons (Fsp3) is 0.294. The summed E-state index contributed by atoms with van der Waals surface area (Å²) in [6, 6.07) is 2.85. The van der Waals surface area contributed by atoms with Crippen LogP contribution in [0.4, 0.5) is 17.6 Å². The highest BCUT2D eigenvalue weighted by Crippen LogP contribution is 2.37. The van der Waals surface area contributed by atoms with E-state index in [1.54, 1.807) is 6.92 Å². The SMILES string of the molecule is CO/N=C(OC)\C(Cl)=C/c1cc(-c2nn(C)c(C(F)(F)F)c2F)c(C)cc1Cl. The van der Waals surface area contributed by atoms with Crippen LogP contribution in [0.5, 0.6) is 0 Å². The number of hydrogen-bond donors (Lipinski definition) is 0. The summed E-state index contributed by atoms with van der Waals surface area (Å²) in [6.45, 7) is 1.57. The van der Waals surface area contributed by atoms with Crippen molar-refractivity contribution < 1.29 is 27.1 Å². The van der Waals surface area contributed by atoms with Crippen LogP contribution in [0.3, 0.4) is 0 Å². The lowest BCUT2D eigenvalue weighted by molar-refractivity contribution is -0.146. The number of methoxy groups -OCH3 is 1. The summed E-state index contributed by atoms with van der Waals surface area (Å²) in [7, 11) is 3.63. The number of nitrogens with zero attached hydrogens (tertiary/aromatic N) is 3. The number of oxime groups is 1. The first-order valence-corrected chi connectivity index (χ1v) is 8.39. The van der Waals surface area contributed by atoms with E-state index >= 15 is 0 Å².